The third kappa shape index (κ3) is 11.2. The van der Waals surface area contributed by atoms with Crippen molar-refractivity contribution in [1.82, 2.24) is 24.9 Å². The number of likely N-dealkylation sites (N-methyl/N-ethyl adjacent to an activating group) is 2. The van der Waals surface area contributed by atoms with Crippen LogP contribution in [0.25, 0.3) is 5.57 Å². The average Bonchev–Trinajstić information content (AvgIpc) is 3.19. The Balaban J connectivity index is 0.000000693. The number of allylic oxidation sites excluding steroid dienone is 4. The molecule has 0 bridgehead atoms. The number of carbonyl (C=O) groups is 2. The summed E-state index contributed by atoms with van der Waals surface area (Å²) >= 11 is 0. The Morgan fingerprint density at radius 3 is 2.36 bits per heavy atom. The van der Waals surface area contributed by atoms with Gasteiger partial charge in [0.2, 0.25) is 11.8 Å². The van der Waals surface area contributed by atoms with Gasteiger partial charge in [-0.1, -0.05) is 13.0 Å². The predicted octanol–water partition coefficient (Wildman–Crippen LogP) is 6.27. The third-order valence-electron chi connectivity index (χ3n) is 9.05. The van der Waals surface area contributed by atoms with Gasteiger partial charge in [0.05, 0.1) is 17.0 Å². The van der Waals surface area contributed by atoms with Gasteiger partial charge < -0.3 is 19.9 Å². The van der Waals surface area contributed by atoms with E-state index in [9.17, 15) is 18.4 Å². The van der Waals surface area contributed by atoms with E-state index in [2.05, 4.69) is 29.3 Å². The van der Waals surface area contributed by atoms with Crippen LogP contribution in [-0.4, -0.2) is 90.7 Å². The minimum absolute atomic E-state index is 0.00985. The molecule has 2 saturated heterocycles. The number of nitrogens with one attached hydrogen (secondary N) is 1. The van der Waals surface area contributed by atoms with Gasteiger partial charge in [-0.2, -0.15) is 5.10 Å². The van der Waals surface area contributed by atoms with Crippen LogP contribution in [0, 0.1) is 18.8 Å². The zero-order chi connectivity index (χ0) is 33.0. The topological polar surface area (TPSA) is 79.7 Å². The molecule has 1 N–H and O–H groups in total. The van der Waals surface area contributed by atoms with E-state index in [0.29, 0.717) is 62.4 Å². The fourth-order valence-electron chi connectivity index (χ4n) is 6.15. The van der Waals surface area contributed by atoms with Crippen molar-refractivity contribution >= 4 is 17.8 Å². The van der Waals surface area contributed by atoms with Crippen LogP contribution in [-0.2, 0) is 16.1 Å². The molecule has 2 aliphatic heterocycles. The molecule has 1 unspecified atom stereocenters. The molecule has 3 heterocycles. The lowest BCUT2D eigenvalue weighted by molar-refractivity contribution is -0.127. The van der Waals surface area contributed by atoms with Gasteiger partial charge in [-0.15, -0.1) is 0 Å². The molecule has 10 heteroatoms. The number of ether oxygens (including phenoxy) is 1. The van der Waals surface area contributed by atoms with E-state index in [0.717, 1.165) is 55.4 Å². The van der Waals surface area contributed by atoms with E-state index in [4.69, 9.17) is 4.74 Å². The van der Waals surface area contributed by atoms with E-state index >= 15 is 0 Å². The summed E-state index contributed by atoms with van der Waals surface area (Å²) in [4.78, 5) is 29.1. The van der Waals surface area contributed by atoms with Crippen molar-refractivity contribution in [2.24, 2.45) is 11.8 Å². The molecule has 1 aliphatic carbocycles. The highest BCUT2D eigenvalue weighted by atomic mass is 19.3. The fourth-order valence-corrected chi connectivity index (χ4v) is 6.15. The molecule has 252 valence electrons. The Morgan fingerprint density at radius 1 is 1.09 bits per heavy atom. The number of aryl methyl sites for hydroxylation is 1. The van der Waals surface area contributed by atoms with Crippen molar-refractivity contribution in [2.75, 3.05) is 53.0 Å². The van der Waals surface area contributed by atoms with Gasteiger partial charge in [-0.25, -0.2) is 8.78 Å². The van der Waals surface area contributed by atoms with Crippen molar-refractivity contribution in [1.29, 1.82) is 0 Å². The standard InChI is InChI=1S/C29H43F2N5O2.C6H12O/c1-6-24(26(32-7-2)17-21(3)18-27(38)35-15-13-34(5)14-16-35)28-25(20-37)22(4)33-36(28)19-23-9-8-11-29(30,31)12-10-23;1-6-2-4-7-5-3-6/h6,17-18,20,23,32H,7-16,19H2,1-5H3;6H,2-5H2,1H3/b21-18+,24-6+,26-17+;. The number of piperazine rings is 1. The van der Waals surface area contributed by atoms with Gasteiger partial charge in [-0.3, -0.25) is 14.3 Å². The molecule has 1 saturated carbocycles. The van der Waals surface area contributed by atoms with Gasteiger partial charge in [0, 0.05) is 82.7 Å². The molecular weight excluding hydrogens is 576 g/mol. The van der Waals surface area contributed by atoms with Crippen LogP contribution < -0.4 is 5.32 Å². The summed E-state index contributed by atoms with van der Waals surface area (Å²) in [5.74, 6) is -1.64. The summed E-state index contributed by atoms with van der Waals surface area (Å²) in [6.45, 7) is 16.1. The first-order chi connectivity index (χ1) is 21.5. The molecule has 4 rings (SSSR count). The smallest absolute Gasteiger partial charge is 0.248 e. The summed E-state index contributed by atoms with van der Waals surface area (Å²) in [7, 11) is 2.05. The van der Waals surface area contributed by atoms with E-state index in [1.165, 1.54) is 12.8 Å². The first-order valence-corrected chi connectivity index (χ1v) is 16.7. The Hall–Kier alpha value is -2.85. The summed E-state index contributed by atoms with van der Waals surface area (Å²) in [5.41, 5.74) is 4.17. The van der Waals surface area contributed by atoms with Gasteiger partial charge in [0.1, 0.15) is 0 Å². The molecule has 45 heavy (non-hydrogen) atoms. The number of rotatable bonds is 9. The number of nitrogens with zero attached hydrogens (tertiary/aromatic N) is 4. The van der Waals surface area contributed by atoms with E-state index < -0.39 is 5.92 Å². The number of aldehydes is 1. The van der Waals surface area contributed by atoms with Gasteiger partial charge in [0.15, 0.2) is 6.29 Å². The molecule has 3 aliphatic rings. The highest BCUT2D eigenvalue weighted by molar-refractivity contribution is 5.91. The van der Waals surface area contributed by atoms with E-state index in [-0.39, 0.29) is 24.7 Å². The molecule has 1 aromatic rings. The van der Waals surface area contributed by atoms with E-state index in [1.807, 2.05) is 42.5 Å². The summed E-state index contributed by atoms with van der Waals surface area (Å²) in [6, 6.07) is 0. The summed E-state index contributed by atoms with van der Waals surface area (Å²) in [5, 5.41) is 8.07. The minimum Gasteiger partial charge on any atom is -0.385 e. The molecule has 1 aromatic heterocycles. The van der Waals surface area contributed by atoms with Crippen molar-refractivity contribution in [3.8, 4) is 0 Å². The Morgan fingerprint density at radius 2 is 1.78 bits per heavy atom. The maximum absolute atomic E-state index is 14.0. The Kier molecular flexibility index (Phi) is 14.4. The van der Waals surface area contributed by atoms with E-state index in [1.54, 1.807) is 13.0 Å². The minimum atomic E-state index is -2.60. The van der Waals surface area contributed by atoms with Crippen LogP contribution in [0.2, 0.25) is 0 Å². The Bertz CT molecular complexity index is 1210. The van der Waals surface area contributed by atoms with Crippen LogP contribution in [0.4, 0.5) is 8.78 Å². The quantitative estimate of drug-likeness (QED) is 0.150. The highest BCUT2D eigenvalue weighted by Gasteiger charge is 2.33. The van der Waals surface area contributed by atoms with Crippen molar-refractivity contribution in [2.45, 2.75) is 92.0 Å². The second-order valence-corrected chi connectivity index (χ2v) is 12.9. The van der Waals surface area contributed by atoms with Crippen molar-refractivity contribution in [3.05, 3.63) is 46.4 Å². The number of aromatic nitrogens is 2. The molecular formula is C35H55F2N5O3. The summed E-state index contributed by atoms with van der Waals surface area (Å²) in [6.07, 6.45) is 10.3. The SMILES string of the molecule is CC1CCOCC1.C\C=C(/C(=C\C(C)=C\C(=O)N1CCN(C)CC1)NCC)c1c(C=O)c(C)nn1CC1CCCC(F)(F)CC1. The van der Waals surface area contributed by atoms with Crippen LogP contribution >= 0.6 is 0 Å². The lowest BCUT2D eigenvalue weighted by atomic mass is 9.98. The third-order valence-corrected chi connectivity index (χ3v) is 9.05. The van der Waals surface area contributed by atoms with Crippen molar-refractivity contribution in [3.63, 3.8) is 0 Å². The molecule has 0 spiro atoms. The molecule has 3 fully saturated rings. The summed E-state index contributed by atoms with van der Waals surface area (Å²) < 4.78 is 34.9. The maximum Gasteiger partial charge on any atom is 0.248 e. The second-order valence-electron chi connectivity index (χ2n) is 12.9. The second kappa shape index (κ2) is 17.7. The Labute approximate surface area is 268 Å². The van der Waals surface area contributed by atoms with Crippen LogP contribution in [0.1, 0.15) is 94.4 Å². The lowest BCUT2D eigenvalue weighted by Crippen LogP contribution is -2.46. The fraction of sp³-hybridized carbons (Fsp3) is 0.686. The predicted molar refractivity (Wildman–Crippen MR) is 176 cm³/mol. The maximum atomic E-state index is 14.0. The highest BCUT2D eigenvalue weighted by Crippen LogP contribution is 2.36. The van der Waals surface area contributed by atoms with Crippen LogP contribution in [0.3, 0.4) is 0 Å². The largest absolute Gasteiger partial charge is 0.385 e. The van der Waals surface area contributed by atoms with Gasteiger partial charge in [-0.05, 0) is 90.3 Å². The number of hydrogen-bond acceptors (Lipinski definition) is 6. The van der Waals surface area contributed by atoms with Gasteiger partial charge in [0.25, 0.3) is 0 Å². The zero-order valence-electron chi connectivity index (χ0n) is 28.3. The number of carbonyl (C=O) groups excluding carboxylic acids is 2. The number of hydrogen-bond donors (Lipinski definition) is 1. The van der Waals surface area contributed by atoms with Gasteiger partial charge >= 0.3 is 0 Å². The van der Waals surface area contributed by atoms with Crippen LogP contribution in [0.15, 0.2) is 29.5 Å². The molecule has 1 amide bonds. The first kappa shape index (κ1) is 36.6. The normalized spacial score (nSPS) is 22.4. The molecule has 1 atom stereocenters. The molecule has 0 radical (unpaired) electrons. The van der Waals surface area contributed by atoms with Crippen molar-refractivity contribution < 1.29 is 23.1 Å². The number of amides is 1. The monoisotopic (exact) mass is 631 g/mol. The first-order valence-electron chi connectivity index (χ1n) is 16.7. The molecule has 8 nitrogen and oxygen atoms in total. The average molecular weight is 632 g/mol. The molecule has 0 aromatic carbocycles. The zero-order valence-corrected chi connectivity index (χ0v) is 28.3. The lowest BCUT2D eigenvalue weighted by Gasteiger charge is -2.31. The number of halogens is 2. The van der Waals surface area contributed by atoms with Crippen LogP contribution in [0.5, 0.6) is 0 Å². The number of alkyl halides is 2.